The molecule has 0 fully saturated rings. The Bertz CT molecular complexity index is 1440. The average molecular weight is 495 g/mol. The molecule has 186 valence electrons. The number of hydrogen-bond donors (Lipinski definition) is 0. The van der Waals surface area contributed by atoms with Gasteiger partial charge in [0.05, 0.1) is 25.8 Å². The third-order valence-electron chi connectivity index (χ3n) is 6.78. The summed E-state index contributed by atoms with van der Waals surface area (Å²) in [5, 5.41) is 0. The van der Waals surface area contributed by atoms with Crippen LogP contribution in [0.1, 0.15) is 40.3 Å². The molecule has 0 saturated heterocycles. The largest absolute Gasteiger partial charge is 0.493 e. The van der Waals surface area contributed by atoms with Crippen molar-refractivity contribution in [2.24, 2.45) is 0 Å². The third kappa shape index (κ3) is 4.43. The van der Waals surface area contributed by atoms with Crippen LogP contribution in [-0.4, -0.2) is 29.1 Å². The fourth-order valence-corrected chi connectivity index (χ4v) is 4.87. The molecule has 0 spiro atoms. The number of aryl methyl sites for hydroxylation is 2. The molecule has 0 radical (unpaired) electrons. The van der Waals surface area contributed by atoms with Gasteiger partial charge in [-0.25, -0.2) is 4.98 Å². The van der Waals surface area contributed by atoms with E-state index in [1.165, 1.54) is 11.5 Å². The SMILES string of the molecule is COC(=O)C[C@@H]1COc2cc(CCc3cccc(-c4c(C(F)(F)F)nc5ccccn45)c3C)ccc21. The summed E-state index contributed by atoms with van der Waals surface area (Å²) in [6.45, 7) is 2.30. The van der Waals surface area contributed by atoms with Gasteiger partial charge in [-0.3, -0.25) is 9.20 Å². The zero-order chi connectivity index (χ0) is 25.4. The Labute approximate surface area is 206 Å². The quantitative estimate of drug-likeness (QED) is 0.302. The molecule has 36 heavy (non-hydrogen) atoms. The lowest BCUT2D eigenvalue weighted by Gasteiger charge is -2.14. The maximum atomic E-state index is 13.9. The van der Waals surface area contributed by atoms with E-state index in [-0.39, 0.29) is 29.6 Å². The Morgan fingerprint density at radius 1 is 1.14 bits per heavy atom. The van der Waals surface area contributed by atoms with Gasteiger partial charge >= 0.3 is 12.1 Å². The van der Waals surface area contributed by atoms with E-state index >= 15 is 0 Å². The molecule has 0 amide bonds. The van der Waals surface area contributed by atoms with Gasteiger partial charge in [0.15, 0.2) is 5.69 Å². The Kier molecular flexibility index (Phi) is 6.20. The van der Waals surface area contributed by atoms with Crippen molar-refractivity contribution in [1.82, 2.24) is 9.38 Å². The Morgan fingerprint density at radius 2 is 1.97 bits per heavy atom. The number of hydrogen-bond acceptors (Lipinski definition) is 4. The number of carbonyl (C=O) groups is 1. The minimum Gasteiger partial charge on any atom is -0.493 e. The molecule has 4 aromatic rings. The van der Waals surface area contributed by atoms with Crippen LogP contribution in [0.25, 0.3) is 16.9 Å². The number of methoxy groups -OCH3 is 1. The number of pyridine rings is 1. The van der Waals surface area contributed by atoms with Crippen LogP contribution < -0.4 is 4.74 Å². The number of halogens is 3. The molecule has 1 aliphatic rings. The molecule has 1 aliphatic heterocycles. The van der Waals surface area contributed by atoms with E-state index in [1.54, 1.807) is 36.5 Å². The summed E-state index contributed by atoms with van der Waals surface area (Å²) in [6.07, 6.45) is -1.33. The third-order valence-corrected chi connectivity index (χ3v) is 6.78. The lowest BCUT2D eigenvalue weighted by Crippen LogP contribution is -2.09. The number of carbonyl (C=O) groups excluding carboxylic acids is 1. The van der Waals surface area contributed by atoms with E-state index in [0.717, 1.165) is 28.0 Å². The van der Waals surface area contributed by atoms with Gasteiger partial charge in [0, 0.05) is 23.2 Å². The van der Waals surface area contributed by atoms with Gasteiger partial charge in [-0.05, 0) is 54.7 Å². The molecule has 0 saturated carbocycles. The molecule has 5 rings (SSSR count). The van der Waals surface area contributed by atoms with E-state index in [9.17, 15) is 18.0 Å². The first-order valence-corrected chi connectivity index (χ1v) is 11.7. The number of ether oxygens (including phenoxy) is 2. The number of esters is 1. The predicted octanol–water partition coefficient (Wildman–Crippen LogP) is 6.15. The Balaban J connectivity index is 1.41. The van der Waals surface area contributed by atoms with Crippen LogP contribution in [0.5, 0.6) is 5.75 Å². The van der Waals surface area contributed by atoms with Crippen molar-refractivity contribution in [2.45, 2.75) is 38.3 Å². The summed E-state index contributed by atoms with van der Waals surface area (Å²) < 4.78 is 53.7. The first kappa shape index (κ1) is 23.9. The zero-order valence-electron chi connectivity index (χ0n) is 19.9. The molecular weight excluding hydrogens is 469 g/mol. The Hall–Kier alpha value is -3.81. The predicted molar refractivity (Wildman–Crippen MR) is 129 cm³/mol. The fraction of sp³-hybridized carbons (Fsp3) is 0.286. The fourth-order valence-electron chi connectivity index (χ4n) is 4.87. The number of rotatable bonds is 6. The number of alkyl halides is 3. The first-order valence-electron chi connectivity index (χ1n) is 11.7. The maximum Gasteiger partial charge on any atom is 0.435 e. The van der Waals surface area contributed by atoms with Crippen LogP contribution in [0.15, 0.2) is 60.8 Å². The van der Waals surface area contributed by atoms with Crippen molar-refractivity contribution in [2.75, 3.05) is 13.7 Å². The van der Waals surface area contributed by atoms with Crippen molar-refractivity contribution in [3.8, 4) is 17.0 Å². The molecule has 2 aromatic heterocycles. The van der Waals surface area contributed by atoms with Gasteiger partial charge in [-0.2, -0.15) is 13.2 Å². The van der Waals surface area contributed by atoms with Crippen LogP contribution in [0.3, 0.4) is 0 Å². The van der Waals surface area contributed by atoms with Crippen molar-refractivity contribution in [3.05, 3.63) is 88.7 Å². The van der Waals surface area contributed by atoms with Gasteiger partial charge in [-0.1, -0.05) is 36.4 Å². The van der Waals surface area contributed by atoms with Crippen molar-refractivity contribution in [1.29, 1.82) is 0 Å². The summed E-state index contributed by atoms with van der Waals surface area (Å²) in [6, 6.07) is 16.4. The molecule has 5 nitrogen and oxygen atoms in total. The van der Waals surface area contributed by atoms with E-state index in [2.05, 4.69) is 4.98 Å². The highest BCUT2D eigenvalue weighted by Gasteiger charge is 2.38. The highest BCUT2D eigenvalue weighted by molar-refractivity contribution is 5.72. The van der Waals surface area contributed by atoms with E-state index in [0.29, 0.717) is 25.0 Å². The maximum absolute atomic E-state index is 13.9. The van der Waals surface area contributed by atoms with E-state index in [4.69, 9.17) is 9.47 Å². The van der Waals surface area contributed by atoms with Gasteiger partial charge in [0.1, 0.15) is 11.4 Å². The molecule has 2 aromatic carbocycles. The molecule has 1 atom stereocenters. The normalized spacial score (nSPS) is 15.1. The van der Waals surface area contributed by atoms with Crippen LogP contribution >= 0.6 is 0 Å². The lowest BCUT2D eigenvalue weighted by atomic mass is 9.93. The zero-order valence-corrected chi connectivity index (χ0v) is 19.9. The number of fused-ring (bicyclic) bond motifs is 2. The Morgan fingerprint density at radius 3 is 2.75 bits per heavy atom. The average Bonchev–Trinajstić information content (AvgIpc) is 3.44. The van der Waals surface area contributed by atoms with Crippen molar-refractivity contribution >= 4 is 11.6 Å². The number of benzene rings is 2. The highest BCUT2D eigenvalue weighted by Crippen LogP contribution is 2.40. The second kappa shape index (κ2) is 9.33. The van der Waals surface area contributed by atoms with E-state index < -0.39 is 11.9 Å². The minimum absolute atomic E-state index is 0.0197. The second-order valence-electron chi connectivity index (χ2n) is 8.99. The van der Waals surface area contributed by atoms with Gasteiger partial charge < -0.3 is 9.47 Å². The van der Waals surface area contributed by atoms with Gasteiger partial charge in [0.25, 0.3) is 0 Å². The molecule has 0 bridgehead atoms. The number of nitrogens with zero attached hydrogens (tertiary/aromatic N) is 2. The van der Waals surface area contributed by atoms with Gasteiger partial charge in [0.2, 0.25) is 0 Å². The standard InChI is InChI=1S/C28H25F3N2O3/c1-17-19(11-9-18-10-12-22-20(15-25(34)35-2)16-36-23(22)14-18)6-5-7-21(17)26-27(28(29,30)31)32-24-8-3-4-13-33(24)26/h3-8,10,12-14,20H,9,11,15-16H2,1-2H3/t20-/m1/s1. The van der Waals surface area contributed by atoms with Crippen LogP contribution in [0, 0.1) is 6.92 Å². The lowest BCUT2D eigenvalue weighted by molar-refractivity contribution is -0.141. The summed E-state index contributed by atoms with van der Waals surface area (Å²) in [5.41, 5.74) is 3.76. The molecule has 0 N–H and O–H groups in total. The highest BCUT2D eigenvalue weighted by atomic mass is 19.4. The van der Waals surface area contributed by atoms with Crippen LogP contribution in [0.2, 0.25) is 0 Å². The second-order valence-corrected chi connectivity index (χ2v) is 8.99. The summed E-state index contributed by atoms with van der Waals surface area (Å²) in [5.74, 6) is 0.483. The minimum atomic E-state index is -4.57. The summed E-state index contributed by atoms with van der Waals surface area (Å²) >= 11 is 0. The smallest absolute Gasteiger partial charge is 0.435 e. The summed E-state index contributed by atoms with van der Waals surface area (Å²) in [4.78, 5) is 15.5. The summed E-state index contributed by atoms with van der Waals surface area (Å²) in [7, 11) is 1.37. The van der Waals surface area contributed by atoms with Crippen molar-refractivity contribution < 1.29 is 27.4 Å². The monoisotopic (exact) mass is 494 g/mol. The molecule has 0 aliphatic carbocycles. The molecule has 3 heterocycles. The molecular formula is C28H25F3N2O3. The molecule has 0 unspecified atom stereocenters. The van der Waals surface area contributed by atoms with Crippen LogP contribution in [0.4, 0.5) is 13.2 Å². The van der Waals surface area contributed by atoms with Crippen LogP contribution in [-0.2, 0) is 28.5 Å². The van der Waals surface area contributed by atoms with Crippen molar-refractivity contribution in [3.63, 3.8) is 0 Å². The number of aromatic nitrogens is 2. The topological polar surface area (TPSA) is 52.8 Å². The van der Waals surface area contributed by atoms with E-state index in [1.807, 2.05) is 31.2 Å². The molecule has 8 heteroatoms. The van der Waals surface area contributed by atoms with Gasteiger partial charge in [-0.15, -0.1) is 0 Å². The number of imidazole rings is 1. The first-order chi connectivity index (χ1) is 17.3.